The molecule has 0 aliphatic heterocycles. The molecule has 20 heavy (non-hydrogen) atoms. The van der Waals surface area contributed by atoms with Gasteiger partial charge in [-0.2, -0.15) is 0 Å². The fourth-order valence-corrected chi connectivity index (χ4v) is 2.01. The van der Waals surface area contributed by atoms with Gasteiger partial charge in [0, 0.05) is 10.6 Å². The van der Waals surface area contributed by atoms with Crippen LogP contribution in [0.4, 0.5) is 0 Å². The molecule has 0 amide bonds. The molecule has 4 nitrogen and oxygen atoms in total. The molecule has 1 rings (SSSR count). The standard InChI is InChI=1S/C15H21ClO4/c1-4-6-14(15(18)19-5-2)20-13-8-7-11(16)9-12(13)10(3)17/h7-10,14,17H,4-6H2,1-3H3/t10-,14?/m1/s1. The Bertz CT molecular complexity index is 445. The van der Waals surface area contributed by atoms with Crippen molar-refractivity contribution in [3.8, 4) is 5.75 Å². The number of aliphatic hydroxyl groups is 1. The quantitative estimate of drug-likeness (QED) is 0.783. The van der Waals surface area contributed by atoms with Crippen molar-refractivity contribution in [1.82, 2.24) is 0 Å². The van der Waals surface area contributed by atoms with E-state index in [-0.39, 0.29) is 5.97 Å². The van der Waals surface area contributed by atoms with Crippen molar-refractivity contribution >= 4 is 17.6 Å². The summed E-state index contributed by atoms with van der Waals surface area (Å²) in [6.07, 6.45) is -0.0475. The molecule has 0 aliphatic carbocycles. The highest BCUT2D eigenvalue weighted by molar-refractivity contribution is 6.30. The third-order valence-corrected chi connectivity index (χ3v) is 3.03. The van der Waals surface area contributed by atoms with Crippen molar-refractivity contribution < 1.29 is 19.4 Å². The molecule has 1 aromatic rings. The van der Waals surface area contributed by atoms with E-state index in [4.69, 9.17) is 21.1 Å². The molecule has 2 atom stereocenters. The lowest BCUT2D eigenvalue weighted by molar-refractivity contribution is -0.151. The average Bonchev–Trinajstić information content (AvgIpc) is 2.40. The zero-order valence-corrected chi connectivity index (χ0v) is 12.8. The Hall–Kier alpha value is -1.26. The number of rotatable bonds is 7. The van der Waals surface area contributed by atoms with E-state index in [1.165, 1.54) is 0 Å². The van der Waals surface area contributed by atoms with Crippen molar-refractivity contribution in [3.63, 3.8) is 0 Å². The zero-order valence-electron chi connectivity index (χ0n) is 12.1. The maximum absolute atomic E-state index is 11.8. The number of carbonyl (C=O) groups is 1. The highest BCUT2D eigenvalue weighted by Gasteiger charge is 2.22. The zero-order chi connectivity index (χ0) is 15.1. The molecule has 5 heteroatoms. The molecule has 0 radical (unpaired) electrons. The van der Waals surface area contributed by atoms with E-state index >= 15 is 0 Å². The number of hydrogen-bond acceptors (Lipinski definition) is 4. The number of esters is 1. The smallest absolute Gasteiger partial charge is 0.347 e. The van der Waals surface area contributed by atoms with E-state index < -0.39 is 12.2 Å². The Morgan fingerprint density at radius 3 is 2.65 bits per heavy atom. The molecule has 0 saturated carbocycles. The van der Waals surface area contributed by atoms with Crippen molar-refractivity contribution in [2.24, 2.45) is 0 Å². The summed E-state index contributed by atoms with van der Waals surface area (Å²) in [4.78, 5) is 11.8. The van der Waals surface area contributed by atoms with Gasteiger partial charge in [0.15, 0.2) is 6.10 Å². The van der Waals surface area contributed by atoms with Gasteiger partial charge in [-0.3, -0.25) is 0 Å². The Labute approximate surface area is 124 Å². The van der Waals surface area contributed by atoms with E-state index in [0.717, 1.165) is 6.42 Å². The minimum absolute atomic E-state index is 0.312. The van der Waals surface area contributed by atoms with Crippen LogP contribution in [-0.2, 0) is 9.53 Å². The second-order valence-electron chi connectivity index (χ2n) is 4.51. The maximum atomic E-state index is 11.8. The predicted molar refractivity (Wildman–Crippen MR) is 78.0 cm³/mol. The molecule has 1 aromatic carbocycles. The Balaban J connectivity index is 2.95. The first-order valence-corrected chi connectivity index (χ1v) is 7.18. The van der Waals surface area contributed by atoms with Gasteiger partial charge in [0.25, 0.3) is 0 Å². The summed E-state index contributed by atoms with van der Waals surface area (Å²) in [5, 5.41) is 10.3. The SMILES string of the molecule is CCCC(Oc1ccc(Cl)cc1[C@@H](C)O)C(=O)OCC. The van der Waals surface area contributed by atoms with Crippen LogP contribution in [-0.4, -0.2) is 23.8 Å². The fourth-order valence-electron chi connectivity index (χ4n) is 1.83. The van der Waals surface area contributed by atoms with Crippen LogP contribution in [0.3, 0.4) is 0 Å². The number of benzene rings is 1. The Morgan fingerprint density at radius 1 is 1.40 bits per heavy atom. The summed E-state index contributed by atoms with van der Waals surface area (Å²) in [6.45, 7) is 5.65. The van der Waals surface area contributed by atoms with E-state index in [1.54, 1.807) is 32.0 Å². The molecule has 0 fully saturated rings. The fraction of sp³-hybridized carbons (Fsp3) is 0.533. The molecule has 112 valence electrons. The topological polar surface area (TPSA) is 55.8 Å². The third-order valence-electron chi connectivity index (χ3n) is 2.79. The molecule has 0 aliphatic rings. The second-order valence-corrected chi connectivity index (χ2v) is 4.94. The molecule has 1 N–H and O–H groups in total. The number of aliphatic hydroxyl groups excluding tert-OH is 1. The van der Waals surface area contributed by atoms with E-state index in [2.05, 4.69) is 0 Å². The predicted octanol–water partition coefficient (Wildman–Crippen LogP) is 3.50. The summed E-state index contributed by atoms with van der Waals surface area (Å²) < 4.78 is 10.7. The highest BCUT2D eigenvalue weighted by Crippen LogP contribution is 2.29. The first-order valence-electron chi connectivity index (χ1n) is 6.80. The first-order chi connectivity index (χ1) is 9.49. The van der Waals surface area contributed by atoms with Crippen molar-refractivity contribution in [2.45, 2.75) is 45.8 Å². The Morgan fingerprint density at radius 2 is 2.10 bits per heavy atom. The first kappa shape index (κ1) is 16.8. The molecule has 0 spiro atoms. The monoisotopic (exact) mass is 300 g/mol. The van der Waals surface area contributed by atoms with Crippen molar-refractivity contribution in [3.05, 3.63) is 28.8 Å². The van der Waals surface area contributed by atoms with Gasteiger partial charge in [-0.05, 0) is 38.5 Å². The number of halogens is 1. The van der Waals surface area contributed by atoms with E-state index in [0.29, 0.717) is 29.4 Å². The van der Waals surface area contributed by atoms with Gasteiger partial charge in [0.2, 0.25) is 0 Å². The molecular weight excluding hydrogens is 280 g/mol. The van der Waals surface area contributed by atoms with Gasteiger partial charge >= 0.3 is 5.97 Å². The van der Waals surface area contributed by atoms with Crippen molar-refractivity contribution in [1.29, 1.82) is 0 Å². The molecule has 0 saturated heterocycles. The van der Waals surface area contributed by atoms with Gasteiger partial charge in [-0.25, -0.2) is 4.79 Å². The lowest BCUT2D eigenvalue weighted by atomic mass is 10.1. The van der Waals surface area contributed by atoms with Crippen LogP contribution in [0.1, 0.15) is 45.3 Å². The van der Waals surface area contributed by atoms with Crippen LogP contribution < -0.4 is 4.74 Å². The van der Waals surface area contributed by atoms with Crippen LogP contribution in [0.15, 0.2) is 18.2 Å². The average molecular weight is 301 g/mol. The lowest BCUT2D eigenvalue weighted by Gasteiger charge is -2.20. The number of carbonyl (C=O) groups excluding carboxylic acids is 1. The summed E-state index contributed by atoms with van der Waals surface area (Å²) in [7, 11) is 0. The van der Waals surface area contributed by atoms with Crippen LogP contribution >= 0.6 is 11.6 Å². The minimum Gasteiger partial charge on any atom is -0.478 e. The molecule has 0 bridgehead atoms. The van der Waals surface area contributed by atoms with Crippen LogP contribution in [0.25, 0.3) is 0 Å². The molecular formula is C15H21ClO4. The minimum atomic E-state index is -0.729. The van der Waals surface area contributed by atoms with Gasteiger partial charge in [0.05, 0.1) is 12.7 Å². The summed E-state index contributed by atoms with van der Waals surface area (Å²) >= 11 is 5.91. The Kier molecular flexibility index (Phi) is 6.82. The van der Waals surface area contributed by atoms with Gasteiger partial charge in [-0.1, -0.05) is 24.9 Å². The second kappa shape index (κ2) is 8.12. The van der Waals surface area contributed by atoms with E-state index in [9.17, 15) is 9.90 Å². The lowest BCUT2D eigenvalue weighted by Crippen LogP contribution is -2.29. The largest absolute Gasteiger partial charge is 0.478 e. The van der Waals surface area contributed by atoms with Gasteiger partial charge in [0.1, 0.15) is 5.75 Å². The van der Waals surface area contributed by atoms with Crippen LogP contribution in [0.5, 0.6) is 5.75 Å². The maximum Gasteiger partial charge on any atom is 0.347 e. The van der Waals surface area contributed by atoms with Gasteiger partial charge in [-0.15, -0.1) is 0 Å². The summed E-state index contributed by atoms with van der Waals surface area (Å²) in [5.74, 6) is 0.0664. The highest BCUT2D eigenvalue weighted by atomic mass is 35.5. The number of ether oxygens (including phenoxy) is 2. The third kappa shape index (κ3) is 4.69. The van der Waals surface area contributed by atoms with Crippen LogP contribution in [0, 0.1) is 0 Å². The normalized spacial score (nSPS) is 13.7. The van der Waals surface area contributed by atoms with Gasteiger partial charge < -0.3 is 14.6 Å². The molecule has 1 unspecified atom stereocenters. The summed E-state index contributed by atoms with van der Waals surface area (Å²) in [6, 6.07) is 4.96. The summed E-state index contributed by atoms with van der Waals surface area (Å²) in [5.41, 5.74) is 0.558. The van der Waals surface area contributed by atoms with E-state index in [1.807, 2.05) is 6.92 Å². The van der Waals surface area contributed by atoms with Crippen molar-refractivity contribution in [2.75, 3.05) is 6.61 Å². The molecule has 0 heterocycles. The number of hydrogen-bond donors (Lipinski definition) is 1. The molecule has 0 aromatic heterocycles. The van der Waals surface area contributed by atoms with Crippen LogP contribution in [0.2, 0.25) is 5.02 Å².